The van der Waals surface area contributed by atoms with Gasteiger partial charge in [-0.1, -0.05) is 6.42 Å². The van der Waals surface area contributed by atoms with E-state index in [0.717, 1.165) is 30.2 Å². The number of aromatic nitrogens is 2. The van der Waals surface area contributed by atoms with Gasteiger partial charge in [0, 0.05) is 36.4 Å². The van der Waals surface area contributed by atoms with Crippen LogP contribution in [0.25, 0.3) is 10.9 Å². The zero-order valence-corrected chi connectivity index (χ0v) is 13.5. The van der Waals surface area contributed by atoms with Gasteiger partial charge in [0.05, 0.1) is 36.4 Å². The SMILES string of the molecule is O=C(c1ccnc2ccncc12)N1CCOC[C@@H]1[C@@H]1CCC[C@@H]1O. The van der Waals surface area contributed by atoms with Crippen LogP contribution >= 0.6 is 0 Å². The summed E-state index contributed by atoms with van der Waals surface area (Å²) in [7, 11) is 0. The minimum absolute atomic E-state index is 0.0252. The molecule has 126 valence electrons. The number of aliphatic hydroxyl groups excluding tert-OH is 1. The Labute approximate surface area is 140 Å². The maximum absolute atomic E-state index is 13.2. The predicted molar refractivity (Wildman–Crippen MR) is 88.5 cm³/mol. The van der Waals surface area contributed by atoms with Crippen molar-refractivity contribution in [3.05, 3.63) is 36.3 Å². The number of aliphatic hydroxyl groups is 1. The van der Waals surface area contributed by atoms with Gasteiger partial charge in [-0.3, -0.25) is 14.8 Å². The number of carbonyl (C=O) groups excluding carboxylic acids is 1. The van der Waals surface area contributed by atoms with Crippen LogP contribution in [-0.4, -0.2) is 57.8 Å². The fourth-order valence-corrected chi connectivity index (χ4v) is 3.98. The molecule has 1 amide bonds. The molecule has 2 aliphatic rings. The lowest BCUT2D eigenvalue weighted by Gasteiger charge is -2.40. The van der Waals surface area contributed by atoms with Gasteiger partial charge in [0.1, 0.15) is 0 Å². The zero-order chi connectivity index (χ0) is 16.5. The molecule has 1 aliphatic heterocycles. The molecule has 0 bridgehead atoms. The van der Waals surface area contributed by atoms with Crippen molar-refractivity contribution in [3.8, 4) is 0 Å². The van der Waals surface area contributed by atoms with Gasteiger partial charge in [-0.15, -0.1) is 0 Å². The summed E-state index contributed by atoms with van der Waals surface area (Å²) in [4.78, 5) is 23.5. The van der Waals surface area contributed by atoms with Crippen molar-refractivity contribution in [2.45, 2.75) is 31.4 Å². The highest BCUT2D eigenvalue weighted by Crippen LogP contribution is 2.33. The fourth-order valence-electron chi connectivity index (χ4n) is 3.98. The number of morpholine rings is 1. The maximum Gasteiger partial charge on any atom is 0.255 e. The molecule has 2 aromatic rings. The van der Waals surface area contributed by atoms with Crippen LogP contribution in [0.3, 0.4) is 0 Å². The molecular weight excluding hydrogens is 306 g/mol. The summed E-state index contributed by atoms with van der Waals surface area (Å²) in [6, 6.07) is 3.50. The van der Waals surface area contributed by atoms with Crippen LogP contribution in [0.15, 0.2) is 30.7 Å². The van der Waals surface area contributed by atoms with E-state index >= 15 is 0 Å². The van der Waals surface area contributed by atoms with Crippen molar-refractivity contribution >= 4 is 16.8 Å². The molecule has 2 aromatic heterocycles. The first-order chi connectivity index (χ1) is 11.8. The second-order valence-electron chi connectivity index (χ2n) is 6.55. The molecule has 1 saturated carbocycles. The van der Waals surface area contributed by atoms with Crippen molar-refractivity contribution in [3.63, 3.8) is 0 Å². The standard InChI is InChI=1S/C18H21N3O3/c22-17-3-1-2-13(17)16-11-24-9-8-21(16)18(23)12-4-7-20-15-5-6-19-10-14(12)15/h4-7,10,13,16-17,22H,1-3,8-9,11H2/t13-,16+,17-/m0/s1. The average Bonchev–Trinajstić information content (AvgIpc) is 3.06. The number of amides is 1. The Kier molecular flexibility index (Phi) is 4.16. The Morgan fingerprint density at radius 2 is 2.21 bits per heavy atom. The summed E-state index contributed by atoms with van der Waals surface area (Å²) in [5, 5.41) is 11.0. The van der Waals surface area contributed by atoms with Crippen molar-refractivity contribution in [2.75, 3.05) is 19.8 Å². The zero-order valence-electron chi connectivity index (χ0n) is 13.5. The van der Waals surface area contributed by atoms with E-state index in [2.05, 4.69) is 9.97 Å². The molecule has 6 nitrogen and oxygen atoms in total. The Morgan fingerprint density at radius 3 is 3.04 bits per heavy atom. The van der Waals surface area contributed by atoms with E-state index in [0.29, 0.717) is 25.3 Å². The van der Waals surface area contributed by atoms with E-state index in [1.165, 1.54) is 0 Å². The van der Waals surface area contributed by atoms with Gasteiger partial charge in [0.2, 0.25) is 0 Å². The Balaban J connectivity index is 1.68. The normalized spacial score (nSPS) is 27.5. The highest BCUT2D eigenvalue weighted by atomic mass is 16.5. The smallest absolute Gasteiger partial charge is 0.255 e. The molecule has 3 heterocycles. The maximum atomic E-state index is 13.2. The summed E-state index contributed by atoms with van der Waals surface area (Å²) in [5.41, 5.74) is 1.38. The van der Waals surface area contributed by atoms with Crippen LogP contribution in [0.5, 0.6) is 0 Å². The van der Waals surface area contributed by atoms with Crippen LogP contribution in [0.4, 0.5) is 0 Å². The van der Waals surface area contributed by atoms with E-state index in [1.807, 2.05) is 11.0 Å². The number of pyridine rings is 2. The molecule has 1 aliphatic carbocycles. The van der Waals surface area contributed by atoms with Crippen LogP contribution in [-0.2, 0) is 4.74 Å². The van der Waals surface area contributed by atoms with Gasteiger partial charge in [0.15, 0.2) is 0 Å². The molecule has 2 fully saturated rings. The van der Waals surface area contributed by atoms with Gasteiger partial charge in [0.25, 0.3) is 5.91 Å². The first-order valence-electron chi connectivity index (χ1n) is 8.51. The molecule has 0 radical (unpaired) electrons. The molecular formula is C18H21N3O3. The topological polar surface area (TPSA) is 75.6 Å². The van der Waals surface area contributed by atoms with E-state index in [4.69, 9.17) is 4.74 Å². The molecule has 1 N–H and O–H groups in total. The van der Waals surface area contributed by atoms with E-state index < -0.39 is 0 Å². The van der Waals surface area contributed by atoms with Gasteiger partial charge in [-0.2, -0.15) is 0 Å². The Morgan fingerprint density at radius 1 is 1.29 bits per heavy atom. The van der Waals surface area contributed by atoms with Crippen LogP contribution in [0, 0.1) is 5.92 Å². The molecule has 0 unspecified atom stereocenters. The summed E-state index contributed by atoms with van der Waals surface area (Å²) in [6.07, 6.45) is 7.44. The lowest BCUT2D eigenvalue weighted by molar-refractivity contribution is -0.0382. The molecule has 3 atom stereocenters. The average molecular weight is 327 g/mol. The second-order valence-corrected chi connectivity index (χ2v) is 6.55. The minimum Gasteiger partial charge on any atom is -0.393 e. The first kappa shape index (κ1) is 15.5. The molecule has 1 saturated heterocycles. The van der Waals surface area contributed by atoms with Gasteiger partial charge in [-0.05, 0) is 25.0 Å². The van der Waals surface area contributed by atoms with Crippen molar-refractivity contribution in [2.24, 2.45) is 5.92 Å². The molecule has 4 rings (SSSR count). The lowest BCUT2D eigenvalue weighted by Crippen LogP contribution is -2.53. The molecule has 6 heteroatoms. The molecule has 0 aromatic carbocycles. The van der Waals surface area contributed by atoms with Crippen molar-refractivity contribution in [1.29, 1.82) is 0 Å². The number of carbonyl (C=O) groups is 1. The largest absolute Gasteiger partial charge is 0.393 e. The second kappa shape index (κ2) is 6.45. The van der Waals surface area contributed by atoms with Crippen molar-refractivity contribution < 1.29 is 14.6 Å². The third-order valence-electron chi connectivity index (χ3n) is 5.23. The monoisotopic (exact) mass is 327 g/mol. The number of rotatable bonds is 2. The number of fused-ring (bicyclic) bond motifs is 1. The Bertz CT molecular complexity index is 746. The van der Waals surface area contributed by atoms with E-state index in [9.17, 15) is 9.90 Å². The van der Waals surface area contributed by atoms with Gasteiger partial charge in [-0.25, -0.2) is 0 Å². The first-order valence-corrected chi connectivity index (χ1v) is 8.51. The number of hydrogen-bond acceptors (Lipinski definition) is 5. The third kappa shape index (κ3) is 2.65. The van der Waals surface area contributed by atoms with Gasteiger partial charge < -0.3 is 14.7 Å². The highest BCUT2D eigenvalue weighted by molar-refractivity contribution is 6.05. The quantitative estimate of drug-likeness (QED) is 0.907. The van der Waals surface area contributed by atoms with Crippen molar-refractivity contribution in [1.82, 2.24) is 14.9 Å². The third-order valence-corrected chi connectivity index (χ3v) is 5.23. The number of nitrogens with zero attached hydrogens (tertiary/aromatic N) is 3. The summed E-state index contributed by atoms with van der Waals surface area (Å²) >= 11 is 0. The Hall–Kier alpha value is -2.05. The van der Waals surface area contributed by atoms with Crippen LogP contribution in [0.1, 0.15) is 29.6 Å². The van der Waals surface area contributed by atoms with Gasteiger partial charge >= 0.3 is 0 Å². The van der Waals surface area contributed by atoms with E-state index in [1.54, 1.807) is 24.7 Å². The minimum atomic E-state index is -0.345. The highest BCUT2D eigenvalue weighted by Gasteiger charge is 2.39. The van der Waals surface area contributed by atoms with E-state index in [-0.39, 0.29) is 24.0 Å². The summed E-state index contributed by atoms with van der Waals surface area (Å²) < 4.78 is 5.62. The summed E-state index contributed by atoms with van der Waals surface area (Å²) in [5.74, 6) is 0.0725. The number of ether oxygens (including phenoxy) is 1. The fraction of sp³-hybridized carbons (Fsp3) is 0.500. The lowest BCUT2D eigenvalue weighted by atomic mass is 9.93. The molecule has 0 spiro atoms. The van der Waals surface area contributed by atoms with Crippen LogP contribution < -0.4 is 0 Å². The molecule has 24 heavy (non-hydrogen) atoms. The summed E-state index contributed by atoms with van der Waals surface area (Å²) in [6.45, 7) is 1.58. The number of hydrogen-bond donors (Lipinski definition) is 1. The van der Waals surface area contributed by atoms with Crippen LogP contribution in [0.2, 0.25) is 0 Å². The predicted octanol–water partition coefficient (Wildman–Crippen LogP) is 1.63.